The van der Waals surface area contributed by atoms with Crippen molar-refractivity contribution in [2.24, 2.45) is 0 Å². The molecular formula is C15H14N2O3. The number of benzene rings is 2. The van der Waals surface area contributed by atoms with Gasteiger partial charge in [0.05, 0.1) is 6.54 Å². The molecular weight excluding hydrogens is 256 g/mol. The van der Waals surface area contributed by atoms with Crippen LogP contribution < -0.4 is 10.2 Å². The molecule has 1 amide bonds. The standard InChI is InChI=1S/C15H14N2O3/c18-14-9-17(13(8-16-14)15(19)20)12-6-5-10-3-1-2-4-11(10)7-12/h1-7,13H,8-9H2,(H,16,18)(H,19,20). The quantitative estimate of drug-likeness (QED) is 0.861. The number of fused-ring (bicyclic) bond motifs is 1. The molecule has 0 bridgehead atoms. The van der Waals surface area contributed by atoms with Crippen LogP contribution in [-0.2, 0) is 9.59 Å². The van der Waals surface area contributed by atoms with E-state index in [4.69, 9.17) is 0 Å². The van der Waals surface area contributed by atoms with E-state index < -0.39 is 12.0 Å². The Hall–Kier alpha value is -2.56. The molecule has 3 rings (SSSR count). The number of anilines is 1. The van der Waals surface area contributed by atoms with E-state index in [0.29, 0.717) is 0 Å². The fraction of sp³-hybridized carbons (Fsp3) is 0.200. The van der Waals surface area contributed by atoms with Crippen molar-refractivity contribution in [1.29, 1.82) is 0 Å². The minimum atomic E-state index is -0.932. The molecule has 1 unspecified atom stereocenters. The summed E-state index contributed by atoms with van der Waals surface area (Å²) < 4.78 is 0. The molecule has 5 nitrogen and oxygen atoms in total. The molecule has 0 aromatic heterocycles. The minimum Gasteiger partial charge on any atom is -0.480 e. The van der Waals surface area contributed by atoms with Crippen molar-refractivity contribution in [3.8, 4) is 0 Å². The number of nitrogens with one attached hydrogen (secondary N) is 1. The van der Waals surface area contributed by atoms with E-state index in [-0.39, 0.29) is 19.0 Å². The number of hydrogen-bond acceptors (Lipinski definition) is 3. The first-order valence-electron chi connectivity index (χ1n) is 6.40. The van der Waals surface area contributed by atoms with Crippen molar-refractivity contribution >= 4 is 28.3 Å². The number of aliphatic carboxylic acids is 1. The van der Waals surface area contributed by atoms with Gasteiger partial charge in [0.2, 0.25) is 5.91 Å². The summed E-state index contributed by atoms with van der Waals surface area (Å²) in [6.07, 6.45) is 0. The van der Waals surface area contributed by atoms with E-state index in [1.54, 1.807) is 4.90 Å². The zero-order chi connectivity index (χ0) is 14.1. The Morgan fingerprint density at radius 3 is 2.70 bits per heavy atom. The number of amides is 1. The largest absolute Gasteiger partial charge is 0.480 e. The predicted octanol–water partition coefficient (Wildman–Crippen LogP) is 1.23. The molecule has 0 aliphatic carbocycles. The summed E-state index contributed by atoms with van der Waals surface area (Å²) in [6.45, 7) is 0.191. The average Bonchev–Trinajstić information content (AvgIpc) is 2.46. The van der Waals surface area contributed by atoms with Gasteiger partial charge in [-0.05, 0) is 22.9 Å². The maximum atomic E-state index is 11.5. The van der Waals surface area contributed by atoms with Gasteiger partial charge in [-0.2, -0.15) is 0 Å². The monoisotopic (exact) mass is 270 g/mol. The maximum Gasteiger partial charge on any atom is 0.328 e. The van der Waals surface area contributed by atoms with Gasteiger partial charge in [-0.15, -0.1) is 0 Å². The van der Waals surface area contributed by atoms with Crippen molar-refractivity contribution in [2.45, 2.75) is 6.04 Å². The van der Waals surface area contributed by atoms with Gasteiger partial charge in [-0.1, -0.05) is 30.3 Å². The Balaban J connectivity index is 2.02. The van der Waals surface area contributed by atoms with Crippen molar-refractivity contribution in [2.75, 3.05) is 18.0 Å². The molecule has 1 saturated heterocycles. The van der Waals surface area contributed by atoms with Crippen molar-refractivity contribution in [3.05, 3.63) is 42.5 Å². The Kier molecular flexibility index (Phi) is 3.02. The summed E-state index contributed by atoms with van der Waals surface area (Å²) in [5.74, 6) is -1.09. The molecule has 1 aliphatic heterocycles. The van der Waals surface area contributed by atoms with Crippen LogP contribution in [0.3, 0.4) is 0 Å². The number of carbonyl (C=O) groups is 2. The van der Waals surface area contributed by atoms with Crippen LogP contribution >= 0.6 is 0 Å². The summed E-state index contributed by atoms with van der Waals surface area (Å²) in [7, 11) is 0. The van der Waals surface area contributed by atoms with E-state index >= 15 is 0 Å². The van der Waals surface area contributed by atoms with Crippen LogP contribution in [0.15, 0.2) is 42.5 Å². The highest BCUT2D eigenvalue weighted by molar-refractivity contribution is 5.92. The van der Waals surface area contributed by atoms with Crippen molar-refractivity contribution < 1.29 is 14.7 Å². The van der Waals surface area contributed by atoms with Crippen LogP contribution in [0, 0.1) is 0 Å². The number of carboxylic acids is 1. The predicted molar refractivity (Wildman–Crippen MR) is 75.7 cm³/mol. The van der Waals surface area contributed by atoms with E-state index in [1.807, 2.05) is 42.5 Å². The van der Waals surface area contributed by atoms with Gasteiger partial charge < -0.3 is 15.3 Å². The summed E-state index contributed by atoms with van der Waals surface area (Å²) in [6, 6.07) is 12.8. The molecule has 2 aromatic rings. The molecule has 102 valence electrons. The van der Waals surface area contributed by atoms with Gasteiger partial charge in [0.15, 0.2) is 0 Å². The maximum absolute atomic E-state index is 11.5. The van der Waals surface area contributed by atoms with Gasteiger partial charge in [0, 0.05) is 12.2 Å². The minimum absolute atomic E-state index is 0.0648. The molecule has 5 heteroatoms. The van der Waals surface area contributed by atoms with Crippen LogP contribution in [0.5, 0.6) is 0 Å². The molecule has 0 saturated carbocycles. The molecule has 2 aromatic carbocycles. The van der Waals surface area contributed by atoms with Crippen molar-refractivity contribution in [3.63, 3.8) is 0 Å². The summed E-state index contributed by atoms with van der Waals surface area (Å²) in [4.78, 5) is 24.5. The highest BCUT2D eigenvalue weighted by Crippen LogP contribution is 2.24. The Morgan fingerprint density at radius 1 is 1.20 bits per heavy atom. The van der Waals surface area contributed by atoms with E-state index in [2.05, 4.69) is 5.32 Å². The molecule has 1 atom stereocenters. The number of carboxylic acid groups (broad SMARTS) is 1. The summed E-state index contributed by atoms with van der Waals surface area (Å²) in [5, 5.41) is 14.0. The fourth-order valence-corrected chi connectivity index (χ4v) is 2.49. The molecule has 1 aliphatic rings. The first-order valence-corrected chi connectivity index (χ1v) is 6.40. The second kappa shape index (κ2) is 4.85. The van der Waals surface area contributed by atoms with Gasteiger partial charge in [-0.3, -0.25) is 4.79 Å². The van der Waals surface area contributed by atoms with E-state index in [9.17, 15) is 14.7 Å². The molecule has 0 radical (unpaired) electrons. The lowest BCUT2D eigenvalue weighted by Gasteiger charge is -2.34. The van der Waals surface area contributed by atoms with Gasteiger partial charge in [0.25, 0.3) is 0 Å². The zero-order valence-corrected chi connectivity index (χ0v) is 10.7. The number of nitrogens with zero attached hydrogens (tertiary/aromatic N) is 1. The zero-order valence-electron chi connectivity index (χ0n) is 10.7. The van der Waals surface area contributed by atoms with Crippen LogP contribution in [0.2, 0.25) is 0 Å². The first-order chi connectivity index (χ1) is 9.65. The Morgan fingerprint density at radius 2 is 1.95 bits per heavy atom. The summed E-state index contributed by atoms with van der Waals surface area (Å²) in [5.41, 5.74) is 0.756. The third kappa shape index (κ3) is 2.18. The van der Waals surface area contributed by atoms with Gasteiger partial charge in [-0.25, -0.2) is 4.79 Å². The third-order valence-corrected chi connectivity index (χ3v) is 3.53. The number of hydrogen-bond donors (Lipinski definition) is 2. The second-order valence-corrected chi connectivity index (χ2v) is 4.82. The Bertz CT molecular complexity index is 684. The smallest absolute Gasteiger partial charge is 0.328 e. The first kappa shape index (κ1) is 12.5. The number of rotatable bonds is 2. The normalized spacial score (nSPS) is 18.9. The average molecular weight is 270 g/mol. The highest BCUT2D eigenvalue weighted by atomic mass is 16.4. The molecule has 2 N–H and O–H groups in total. The SMILES string of the molecule is O=C1CN(c2ccc3ccccc3c2)C(C(=O)O)CN1. The van der Waals surface area contributed by atoms with Crippen LogP contribution in [0.1, 0.15) is 0 Å². The lowest BCUT2D eigenvalue weighted by atomic mass is 10.1. The third-order valence-electron chi connectivity index (χ3n) is 3.53. The topological polar surface area (TPSA) is 69.6 Å². The van der Waals surface area contributed by atoms with Crippen LogP contribution in [-0.4, -0.2) is 36.1 Å². The number of carbonyl (C=O) groups excluding carboxylic acids is 1. The van der Waals surface area contributed by atoms with Gasteiger partial charge in [0.1, 0.15) is 6.04 Å². The molecule has 1 fully saturated rings. The lowest BCUT2D eigenvalue weighted by Crippen LogP contribution is -2.57. The molecule has 0 spiro atoms. The van der Waals surface area contributed by atoms with Crippen LogP contribution in [0.4, 0.5) is 5.69 Å². The van der Waals surface area contributed by atoms with E-state index in [0.717, 1.165) is 16.5 Å². The Labute approximate surface area is 115 Å². The van der Waals surface area contributed by atoms with E-state index in [1.165, 1.54) is 0 Å². The van der Waals surface area contributed by atoms with Crippen LogP contribution in [0.25, 0.3) is 10.8 Å². The van der Waals surface area contributed by atoms with Crippen molar-refractivity contribution in [1.82, 2.24) is 5.32 Å². The van der Waals surface area contributed by atoms with Gasteiger partial charge >= 0.3 is 5.97 Å². The number of piperazine rings is 1. The second-order valence-electron chi connectivity index (χ2n) is 4.82. The molecule has 1 heterocycles. The fourth-order valence-electron chi connectivity index (χ4n) is 2.49. The molecule has 20 heavy (non-hydrogen) atoms. The lowest BCUT2D eigenvalue weighted by molar-refractivity contribution is -0.139. The summed E-state index contributed by atoms with van der Waals surface area (Å²) >= 11 is 0. The highest BCUT2D eigenvalue weighted by Gasteiger charge is 2.31.